The first kappa shape index (κ1) is 17.3. The molecule has 0 aliphatic carbocycles. The molecular formula is C16H34N2S. The van der Waals surface area contributed by atoms with Crippen LogP contribution in [0.4, 0.5) is 0 Å². The zero-order valence-electron chi connectivity index (χ0n) is 13.7. The van der Waals surface area contributed by atoms with Crippen molar-refractivity contribution in [3.8, 4) is 0 Å². The summed E-state index contributed by atoms with van der Waals surface area (Å²) in [6.07, 6.45) is 5.05. The van der Waals surface area contributed by atoms with Gasteiger partial charge in [-0.25, -0.2) is 0 Å². The van der Waals surface area contributed by atoms with Crippen LogP contribution in [-0.2, 0) is 0 Å². The SMILES string of the molecule is CCSCCCN1CC(CC)(CC)NCC1(C)CC. The van der Waals surface area contributed by atoms with Crippen molar-refractivity contribution in [1.82, 2.24) is 10.2 Å². The first-order valence-corrected chi connectivity index (χ1v) is 9.29. The van der Waals surface area contributed by atoms with Crippen LogP contribution in [0.1, 0.15) is 60.3 Å². The van der Waals surface area contributed by atoms with Gasteiger partial charge in [0.15, 0.2) is 0 Å². The van der Waals surface area contributed by atoms with Crippen molar-refractivity contribution < 1.29 is 0 Å². The van der Waals surface area contributed by atoms with Gasteiger partial charge < -0.3 is 5.32 Å². The summed E-state index contributed by atoms with van der Waals surface area (Å²) < 4.78 is 0. The number of piperazine rings is 1. The molecule has 0 spiro atoms. The molecule has 1 heterocycles. The van der Waals surface area contributed by atoms with Crippen LogP contribution >= 0.6 is 11.8 Å². The third kappa shape index (κ3) is 4.37. The zero-order valence-corrected chi connectivity index (χ0v) is 14.5. The third-order valence-electron chi connectivity index (χ3n) is 5.14. The first-order chi connectivity index (χ1) is 9.05. The lowest BCUT2D eigenvalue weighted by Gasteiger charge is -2.53. The second-order valence-corrected chi connectivity index (χ2v) is 7.56. The summed E-state index contributed by atoms with van der Waals surface area (Å²) in [4.78, 5) is 2.77. The number of rotatable bonds is 8. The van der Waals surface area contributed by atoms with Crippen LogP contribution in [0.15, 0.2) is 0 Å². The van der Waals surface area contributed by atoms with Crippen molar-refractivity contribution in [1.29, 1.82) is 0 Å². The lowest BCUT2D eigenvalue weighted by atomic mass is 9.83. The Kier molecular flexibility index (Phi) is 7.20. The minimum atomic E-state index is 0.352. The summed E-state index contributed by atoms with van der Waals surface area (Å²) in [5, 5.41) is 3.86. The maximum Gasteiger partial charge on any atom is 0.0304 e. The largest absolute Gasteiger partial charge is 0.308 e. The summed E-state index contributed by atoms with van der Waals surface area (Å²) in [7, 11) is 0. The van der Waals surface area contributed by atoms with E-state index in [1.807, 2.05) is 0 Å². The van der Waals surface area contributed by atoms with Gasteiger partial charge in [-0.3, -0.25) is 4.90 Å². The average Bonchev–Trinajstić information content (AvgIpc) is 2.46. The molecule has 1 aliphatic rings. The number of nitrogens with one attached hydrogen (secondary N) is 1. The number of hydrogen-bond donors (Lipinski definition) is 1. The molecule has 3 heteroatoms. The Morgan fingerprint density at radius 3 is 2.32 bits per heavy atom. The first-order valence-electron chi connectivity index (χ1n) is 8.13. The lowest BCUT2D eigenvalue weighted by molar-refractivity contribution is 0.00952. The van der Waals surface area contributed by atoms with E-state index in [9.17, 15) is 0 Å². The number of thioether (sulfide) groups is 1. The Hall–Kier alpha value is 0.270. The van der Waals surface area contributed by atoms with E-state index < -0.39 is 0 Å². The maximum atomic E-state index is 3.86. The molecule has 19 heavy (non-hydrogen) atoms. The number of hydrogen-bond acceptors (Lipinski definition) is 3. The molecule has 1 rings (SSSR count). The van der Waals surface area contributed by atoms with Crippen LogP contribution in [0.5, 0.6) is 0 Å². The van der Waals surface area contributed by atoms with E-state index in [0.29, 0.717) is 11.1 Å². The normalized spacial score (nSPS) is 27.6. The van der Waals surface area contributed by atoms with Gasteiger partial charge in [-0.1, -0.05) is 27.7 Å². The topological polar surface area (TPSA) is 15.3 Å². The van der Waals surface area contributed by atoms with Crippen LogP contribution in [0, 0.1) is 0 Å². The molecule has 1 saturated heterocycles. The second kappa shape index (κ2) is 7.90. The van der Waals surface area contributed by atoms with Crippen LogP contribution in [0.2, 0.25) is 0 Å². The predicted octanol–water partition coefficient (Wildman–Crippen LogP) is 3.76. The fraction of sp³-hybridized carbons (Fsp3) is 1.00. The van der Waals surface area contributed by atoms with Crippen LogP contribution in [-0.4, -0.2) is 47.1 Å². The van der Waals surface area contributed by atoms with Gasteiger partial charge in [0.25, 0.3) is 0 Å². The zero-order chi connectivity index (χ0) is 14.4. The van der Waals surface area contributed by atoms with E-state index in [1.165, 1.54) is 50.3 Å². The highest BCUT2D eigenvalue weighted by atomic mass is 32.2. The van der Waals surface area contributed by atoms with Crippen molar-refractivity contribution in [3.63, 3.8) is 0 Å². The van der Waals surface area contributed by atoms with Gasteiger partial charge in [-0.2, -0.15) is 11.8 Å². The Balaban J connectivity index is 2.63. The quantitative estimate of drug-likeness (QED) is 0.684. The van der Waals surface area contributed by atoms with Gasteiger partial charge in [-0.15, -0.1) is 0 Å². The van der Waals surface area contributed by atoms with Crippen LogP contribution < -0.4 is 5.32 Å². The smallest absolute Gasteiger partial charge is 0.0304 e. The van der Waals surface area contributed by atoms with E-state index in [4.69, 9.17) is 0 Å². The van der Waals surface area contributed by atoms with E-state index in [2.05, 4.69) is 56.6 Å². The monoisotopic (exact) mass is 286 g/mol. The predicted molar refractivity (Wildman–Crippen MR) is 89.2 cm³/mol. The van der Waals surface area contributed by atoms with E-state index >= 15 is 0 Å². The fourth-order valence-corrected chi connectivity index (χ4v) is 3.65. The van der Waals surface area contributed by atoms with Gasteiger partial charge in [0.2, 0.25) is 0 Å². The molecule has 0 aromatic carbocycles. The minimum absolute atomic E-state index is 0.352. The summed E-state index contributed by atoms with van der Waals surface area (Å²) in [6.45, 7) is 15.3. The summed E-state index contributed by atoms with van der Waals surface area (Å²) in [6, 6.07) is 0. The molecule has 0 radical (unpaired) electrons. The molecule has 0 aromatic heterocycles. The molecule has 1 unspecified atom stereocenters. The van der Waals surface area contributed by atoms with Crippen molar-refractivity contribution in [2.24, 2.45) is 0 Å². The van der Waals surface area contributed by atoms with E-state index in [-0.39, 0.29) is 0 Å². The Labute approximate surface area is 125 Å². The van der Waals surface area contributed by atoms with Crippen LogP contribution in [0.3, 0.4) is 0 Å². The Bertz CT molecular complexity index is 253. The standard InChI is InChI=1S/C16H34N2S/c1-6-15(5)13-17-16(7-2,8-3)14-18(15)11-10-12-19-9-4/h17H,6-14H2,1-5H3. The maximum absolute atomic E-state index is 3.86. The van der Waals surface area contributed by atoms with Gasteiger partial charge in [0.05, 0.1) is 0 Å². The second-order valence-electron chi connectivity index (χ2n) is 6.16. The molecule has 1 aliphatic heterocycles. The molecule has 0 amide bonds. The lowest BCUT2D eigenvalue weighted by Crippen LogP contribution is -2.68. The van der Waals surface area contributed by atoms with E-state index in [0.717, 1.165) is 6.54 Å². The van der Waals surface area contributed by atoms with Gasteiger partial charge in [-0.05, 0) is 50.7 Å². The molecule has 0 bridgehead atoms. The molecule has 0 saturated carbocycles. The molecule has 0 aromatic rings. The van der Waals surface area contributed by atoms with Crippen molar-refractivity contribution in [2.75, 3.05) is 31.1 Å². The average molecular weight is 287 g/mol. The molecule has 114 valence electrons. The highest BCUT2D eigenvalue weighted by Gasteiger charge is 2.41. The minimum Gasteiger partial charge on any atom is -0.308 e. The highest BCUT2D eigenvalue weighted by molar-refractivity contribution is 7.99. The Morgan fingerprint density at radius 1 is 1.11 bits per heavy atom. The third-order valence-corrected chi connectivity index (χ3v) is 6.12. The fourth-order valence-electron chi connectivity index (χ4n) is 3.02. The van der Waals surface area contributed by atoms with Gasteiger partial charge in [0, 0.05) is 24.2 Å². The van der Waals surface area contributed by atoms with E-state index in [1.54, 1.807) is 0 Å². The molecule has 1 fully saturated rings. The molecule has 2 nitrogen and oxygen atoms in total. The van der Waals surface area contributed by atoms with Gasteiger partial charge in [0.1, 0.15) is 0 Å². The van der Waals surface area contributed by atoms with Gasteiger partial charge >= 0.3 is 0 Å². The molecular weight excluding hydrogens is 252 g/mol. The Morgan fingerprint density at radius 2 is 1.79 bits per heavy atom. The highest BCUT2D eigenvalue weighted by Crippen LogP contribution is 2.30. The van der Waals surface area contributed by atoms with Crippen molar-refractivity contribution in [3.05, 3.63) is 0 Å². The van der Waals surface area contributed by atoms with Crippen LogP contribution in [0.25, 0.3) is 0 Å². The summed E-state index contributed by atoms with van der Waals surface area (Å²) in [5.74, 6) is 2.56. The van der Waals surface area contributed by atoms with Crippen molar-refractivity contribution in [2.45, 2.75) is 71.4 Å². The van der Waals surface area contributed by atoms with Crippen molar-refractivity contribution >= 4 is 11.8 Å². The summed E-state index contributed by atoms with van der Waals surface area (Å²) >= 11 is 2.07. The summed E-state index contributed by atoms with van der Waals surface area (Å²) in [5.41, 5.74) is 0.706. The molecule has 1 N–H and O–H groups in total. The molecule has 1 atom stereocenters. The number of nitrogens with zero attached hydrogens (tertiary/aromatic N) is 1.